The second-order valence-electron chi connectivity index (χ2n) is 4.62. The Kier molecular flexibility index (Phi) is 3.90. The molecule has 0 aromatic carbocycles. The number of nitrogens with zero attached hydrogens (tertiary/aromatic N) is 2. The molecule has 0 saturated heterocycles. The van der Waals surface area contributed by atoms with Crippen molar-refractivity contribution < 1.29 is 4.79 Å². The van der Waals surface area contributed by atoms with E-state index in [-0.39, 0.29) is 6.03 Å². The molecule has 0 saturated carbocycles. The Morgan fingerprint density at radius 3 is 2.74 bits per heavy atom. The van der Waals surface area contributed by atoms with Crippen LogP contribution in [0.5, 0.6) is 0 Å². The number of urea groups is 1. The summed E-state index contributed by atoms with van der Waals surface area (Å²) in [5, 5.41) is 11.8. The summed E-state index contributed by atoms with van der Waals surface area (Å²) in [5.41, 5.74) is 3.65. The molecule has 0 radical (unpaired) electrons. The lowest BCUT2D eigenvalue weighted by molar-refractivity contribution is 0.221. The van der Waals surface area contributed by atoms with Crippen LogP contribution in [0.1, 0.15) is 21.8 Å². The Morgan fingerprint density at radius 1 is 1.47 bits per heavy atom. The van der Waals surface area contributed by atoms with E-state index >= 15 is 0 Å². The van der Waals surface area contributed by atoms with Gasteiger partial charge in [-0.05, 0) is 37.8 Å². The number of thiophene rings is 1. The maximum Gasteiger partial charge on any atom is 0.322 e. The average Bonchev–Trinajstić information content (AvgIpc) is 2.90. The SMILES string of the molecule is Cc1ccsc1CN(C)C(=O)Nc1c(C)n[nH]c1C. The molecule has 0 fully saturated rings. The molecule has 0 aliphatic carbocycles. The van der Waals surface area contributed by atoms with Crippen LogP contribution in [0.2, 0.25) is 0 Å². The lowest BCUT2D eigenvalue weighted by atomic mass is 10.3. The van der Waals surface area contributed by atoms with Crippen molar-refractivity contribution >= 4 is 23.1 Å². The summed E-state index contributed by atoms with van der Waals surface area (Å²) < 4.78 is 0. The van der Waals surface area contributed by atoms with Crippen LogP contribution >= 0.6 is 11.3 Å². The van der Waals surface area contributed by atoms with Crippen molar-refractivity contribution in [2.24, 2.45) is 0 Å². The van der Waals surface area contributed by atoms with Gasteiger partial charge in [0.05, 0.1) is 23.6 Å². The first kappa shape index (κ1) is 13.6. The first-order chi connectivity index (χ1) is 8.99. The summed E-state index contributed by atoms with van der Waals surface area (Å²) in [6.45, 7) is 6.43. The zero-order chi connectivity index (χ0) is 14.0. The first-order valence-corrected chi connectivity index (χ1v) is 6.93. The molecule has 2 aromatic heterocycles. The Bertz CT molecular complexity index is 568. The van der Waals surface area contributed by atoms with Crippen molar-refractivity contribution in [2.75, 3.05) is 12.4 Å². The van der Waals surface area contributed by atoms with Gasteiger partial charge in [-0.3, -0.25) is 5.10 Å². The molecule has 0 aliphatic rings. The molecular weight excluding hydrogens is 260 g/mol. The minimum atomic E-state index is -0.125. The van der Waals surface area contributed by atoms with Crippen LogP contribution in [0.25, 0.3) is 0 Å². The van der Waals surface area contributed by atoms with Crippen molar-refractivity contribution in [2.45, 2.75) is 27.3 Å². The second-order valence-corrected chi connectivity index (χ2v) is 5.62. The zero-order valence-corrected chi connectivity index (χ0v) is 12.4. The number of carbonyl (C=O) groups is 1. The number of rotatable bonds is 3. The zero-order valence-electron chi connectivity index (χ0n) is 11.6. The summed E-state index contributed by atoms with van der Waals surface area (Å²) in [7, 11) is 1.79. The third-order valence-corrected chi connectivity index (χ3v) is 4.06. The monoisotopic (exact) mass is 278 g/mol. The topological polar surface area (TPSA) is 61.0 Å². The Balaban J connectivity index is 2.02. The smallest absolute Gasteiger partial charge is 0.322 e. The predicted molar refractivity (Wildman–Crippen MR) is 77.6 cm³/mol. The van der Waals surface area contributed by atoms with Gasteiger partial charge in [0.15, 0.2) is 0 Å². The number of aromatic nitrogens is 2. The third kappa shape index (κ3) is 2.96. The molecule has 0 atom stereocenters. The number of aryl methyl sites for hydroxylation is 3. The number of hydrogen-bond acceptors (Lipinski definition) is 3. The number of amides is 2. The van der Waals surface area contributed by atoms with Crippen molar-refractivity contribution in [1.82, 2.24) is 15.1 Å². The second kappa shape index (κ2) is 5.44. The van der Waals surface area contributed by atoms with E-state index in [1.54, 1.807) is 23.3 Å². The molecule has 0 spiro atoms. The van der Waals surface area contributed by atoms with E-state index in [2.05, 4.69) is 28.5 Å². The molecule has 0 bridgehead atoms. The number of nitrogens with one attached hydrogen (secondary N) is 2. The fourth-order valence-electron chi connectivity index (χ4n) is 1.79. The molecule has 0 aliphatic heterocycles. The van der Waals surface area contributed by atoms with Gasteiger partial charge in [-0.1, -0.05) is 0 Å². The van der Waals surface area contributed by atoms with Crippen molar-refractivity contribution in [3.05, 3.63) is 33.3 Å². The van der Waals surface area contributed by atoms with Crippen LogP contribution in [-0.4, -0.2) is 28.2 Å². The summed E-state index contributed by atoms with van der Waals surface area (Å²) in [4.78, 5) is 15.0. The Labute approximate surface area is 116 Å². The standard InChI is InChI=1S/C13H18N4OS/c1-8-5-6-19-11(8)7-17(4)13(18)14-12-9(2)15-16-10(12)3/h5-6H,7H2,1-4H3,(H,14,18)(H,15,16). The molecule has 2 amide bonds. The van der Waals surface area contributed by atoms with Gasteiger partial charge in [0.1, 0.15) is 0 Å². The molecule has 19 heavy (non-hydrogen) atoms. The fraction of sp³-hybridized carbons (Fsp3) is 0.385. The predicted octanol–water partition coefficient (Wildman–Crippen LogP) is 3.06. The van der Waals surface area contributed by atoms with Gasteiger partial charge in [0, 0.05) is 11.9 Å². The van der Waals surface area contributed by atoms with Gasteiger partial charge < -0.3 is 10.2 Å². The van der Waals surface area contributed by atoms with Crippen LogP contribution in [0.4, 0.5) is 10.5 Å². The molecule has 0 unspecified atom stereocenters. The maximum atomic E-state index is 12.1. The molecule has 2 aromatic rings. The molecule has 5 nitrogen and oxygen atoms in total. The first-order valence-electron chi connectivity index (χ1n) is 6.05. The summed E-state index contributed by atoms with van der Waals surface area (Å²) in [6.07, 6.45) is 0. The highest BCUT2D eigenvalue weighted by molar-refractivity contribution is 7.10. The van der Waals surface area contributed by atoms with E-state index in [1.165, 1.54) is 10.4 Å². The number of anilines is 1. The minimum Gasteiger partial charge on any atom is -0.322 e. The van der Waals surface area contributed by atoms with Crippen LogP contribution < -0.4 is 5.32 Å². The molecular formula is C13H18N4OS. The number of carbonyl (C=O) groups excluding carboxylic acids is 1. The van der Waals surface area contributed by atoms with E-state index in [9.17, 15) is 4.79 Å². The van der Waals surface area contributed by atoms with E-state index < -0.39 is 0 Å². The lowest BCUT2D eigenvalue weighted by Crippen LogP contribution is -2.31. The number of H-pyrrole nitrogens is 1. The molecule has 6 heteroatoms. The van der Waals surface area contributed by atoms with Gasteiger partial charge in [-0.15, -0.1) is 11.3 Å². The van der Waals surface area contributed by atoms with Crippen LogP contribution in [-0.2, 0) is 6.54 Å². The molecule has 102 valence electrons. The van der Waals surface area contributed by atoms with Crippen molar-refractivity contribution in [1.29, 1.82) is 0 Å². The molecule has 2 heterocycles. The normalized spacial score (nSPS) is 10.5. The van der Waals surface area contributed by atoms with Gasteiger partial charge in [-0.25, -0.2) is 4.79 Å². The number of hydrogen-bond donors (Lipinski definition) is 2. The average molecular weight is 278 g/mol. The lowest BCUT2D eigenvalue weighted by Gasteiger charge is -2.17. The minimum absolute atomic E-state index is 0.125. The third-order valence-electron chi connectivity index (χ3n) is 3.06. The van der Waals surface area contributed by atoms with E-state index in [4.69, 9.17) is 0 Å². The Morgan fingerprint density at radius 2 is 2.21 bits per heavy atom. The maximum absolute atomic E-state index is 12.1. The van der Waals surface area contributed by atoms with Gasteiger partial charge in [-0.2, -0.15) is 5.10 Å². The van der Waals surface area contributed by atoms with Crippen LogP contribution in [0.15, 0.2) is 11.4 Å². The fourth-order valence-corrected chi connectivity index (χ4v) is 2.75. The number of aromatic amines is 1. The van der Waals surface area contributed by atoms with Gasteiger partial charge in [0.2, 0.25) is 0 Å². The van der Waals surface area contributed by atoms with Gasteiger partial charge >= 0.3 is 6.03 Å². The van der Waals surface area contributed by atoms with E-state index in [0.29, 0.717) is 6.54 Å². The largest absolute Gasteiger partial charge is 0.322 e. The van der Waals surface area contributed by atoms with Crippen LogP contribution in [0.3, 0.4) is 0 Å². The summed E-state index contributed by atoms with van der Waals surface area (Å²) in [6, 6.07) is 1.94. The van der Waals surface area contributed by atoms with Gasteiger partial charge in [0.25, 0.3) is 0 Å². The van der Waals surface area contributed by atoms with E-state index in [0.717, 1.165) is 17.1 Å². The van der Waals surface area contributed by atoms with Crippen molar-refractivity contribution in [3.63, 3.8) is 0 Å². The highest BCUT2D eigenvalue weighted by Crippen LogP contribution is 2.19. The van der Waals surface area contributed by atoms with Crippen LogP contribution in [0, 0.1) is 20.8 Å². The quantitative estimate of drug-likeness (QED) is 0.906. The highest BCUT2D eigenvalue weighted by Gasteiger charge is 2.14. The summed E-state index contributed by atoms with van der Waals surface area (Å²) >= 11 is 1.67. The highest BCUT2D eigenvalue weighted by atomic mass is 32.1. The molecule has 2 N–H and O–H groups in total. The molecule has 2 rings (SSSR count). The summed E-state index contributed by atoms with van der Waals surface area (Å²) in [5.74, 6) is 0. The van der Waals surface area contributed by atoms with E-state index in [1.807, 2.05) is 19.2 Å². The van der Waals surface area contributed by atoms with Crippen molar-refractivity contribution in [3.8, 4) is 0 Å². The Hall–Kier alpha value is -1.82.